The number of fused-ring (bicyclic) bond motifs is 1. The first kappa shape index (κ1) is 17.1. The molecule has 0 spiro atoms. The number of aryl methyl sites for hydroxylation is 2. The largest absolute Gasteiger partial charge is 0.354 e. The van der Waals surface area contributed by atoms with Gasteiger partial charge in [-0.25, -0.2) is 4.98 Å². The van der Waals surface area contributed by atoms with E-state index in [2.05, 4.69) is 10.3 Å². The third-order valence-electron chi connectivity index (χ3n) is 4.60. The van der Waals surface area contributed by atoms with Crippen molar-refractivity contribution in [3.8, 4) is 0 Å². The fraction of sp³-hybridized carbons (Fsp3) is 0.444. The summed E-state index contributed by atoms with van der Waals surface area (Å²) >= 11 is 0. The summed E-state index contributed by atoms with van der Waals surface area (Å²) < 4.78 is 1.82. The molecule has 1 fully saturated rings. The Morgan fingerprint density at radius 2 is 2.12 bits per heavy atom. The number of rotatable bonds is 2. The maximum Gasteiger partial charge on any atom is 0.259 e. The van der Waals surface area contributed by atoms with E-state index in [1.165, 1.54) is 0 Å². The molecule has 0 radical (unpaired) electrons. The van der Waals surface area contributed by atoms with Crippen LogP contribution < -0.4 is 10.7 Å². The van der Waals surface area contributed by atoms with Crippen LogP contribution in [-0.2, 0) is 11.3 Å². The van der Waals surface area contributed by atoms with Gasteiger partial charge in [-0.1, -0.05) is 0 Å². The monoisotopic (exact) mass is 342 g/mol. The predicted molar refractivity (Wildman–Crippen MR) is 94.5 cm³/mol. The Morgan fingerprint density at radius 1 is 1.36 bits per heavy atom. The summed E-state index contributed by atoms with van der Waals surface area (Å²) in [5.41, 5.74) is 1.22. The van der Waals surface area contributed by atoms with Gasteiger partial charge in [0.05, 0.1) is 5.39 Å². The maximum absolute atomic E-state index is 13.0. The smallest absolute Gasteiger partial charge is 0.259 e. The SMILES string of the molecule is CCn1cc(C(=O)N2CCC(=O)NC[C@@H]2C)c(=O)c2ccc(C)nc21. The van der Waals surface area contributed by atoms with Gasteiger partial charge in [0.2, 0.25) is 11.3 Å². The molecule has 1 aliphatic heterocycles. The first-order chi connectivity index (χ1) is 11.9. The van der Waals surface area contributed by atoms with Crippen molar-refractivity contribution in [1.29, 1.82) is 0 Å². The van der Waals surface area contributed by atoms with E-state index in [1.54, 1.807) is 23.2 Å². The summed E-state index contributed by atoms with van der Waals surface area (Å²) in [6.07, 6.45) is 1.83. The molecule has 7 heteroatoms. The number of pyridine rings is 2. The summed E-state index contributed by atoms with van der Waals surface area (Å²) in [5.74, 6) is -0.412. The highest BCUT2D eigenvalue weighted by molar-refractivity contribution is 5.97. The molecule has 0 saturated carbocycles. The minimum absolute atomic E-state index is 0.0775. The van der Waals surface area contributed by atoms with E-state index in [0.717, 1.165) is 5.69 Å². The Morgan fingerprint density at radius 3 is 2.84 bits per heavy atom. The molecule has 2 aromatic rings. The quantitative estimate of drug-likeness (QED) is 0.885. The number of nitrogens with zero attached hydrogens (tertiary/aromatic N) is 3. The van der Waals surface area contributed by atoms with Gasteiger partial charge in [0.15, 0.2) is 0 Å². The van der Waals surface area contributed by atoms with Gasteiger partial charge in [-0.05, 0) is 32.9 Å². The Hall–Kier alpha value is -2.70. The molecule has 1 aliphatic rings. The summed E-state index contributed by atoms with van der Waals surface area (Å²) in [6, 6.07) is 3.33. The van der Waals surface area contributed by atoms with Gasteiger partial charge in [0.1, 0.15) is 11.2 Å². The van der Waals surface area contributed by atoms with Gasteiger partial charge in [0, 0.05) is 44.0 Å². The highest BCUT2D eigenvalue weighted by atomic mass is 16.2. The van der Waals surface area contributed by atoms with E-state index in [-0.39, 0.29) is 35.3 Å². The van der Waals surface area contributed by atoms with Crippen molar-refractivity contribution in [2.75, 3.05) is 13.1 Å². The third-order valence-corrected chi connectivity index (χ3v) is 4.60. The molecule has 1 atom stereocenters. The van der Waals surface area contributed by atoms with E-state index in [1.807, 2.05) is 25.3 Å². The highest BCUT2D eigenvalue weighted by Gasteiger charge is 2.28. The van der Waals surface area contributed by atoms with Gasteiger partial charge in [0.25, 0.3) is 5.91 Å². The average Bonchev–Trinajstić information content (AvgIpc) is 2.76. The van der Waals surface area contributed by atoms with E-state index in [0.29, 0.717) is 30.7 Å². The van der Waals surface area contributed by atoms with Crippen molar-refractivity contribution in [2.24, 2.45) is 0 Å². The summed E-state index contributed by atoms with van der Waals surface area (Å²) in [6.45, 7) is 6.98. The molecule has 0 aliphatic carbocycles. The lowest BCUT2D eigenvalue weighted by atomic mass is 10.1. The summed E-state index contributed by atoms with van der Waals surface area (Å²) in [7, 11) is 0. The summed E-state index contributed by atoms with van der Waals surface area (Å²) in [4.78, 5) is 43.5. The Bertz CT molecular complexity index is 903. The highest BCUT2D eigenvalue weighted by Crippen LogP contribution is 2.14. The first-order valence-electron chi connectivity index (χ1n) is 8.50. The fourth-order valence-electron chi connectivity index (χ4n) is 3.11. The van der Waals surface area contributed by atoms with E-state index < -0.39 is 0 Å². The number of nitrogens with one attached hydrogen (secondary N) is 1. The summed E-state index contributed by atoms with van der Waals surface area (Å²) in [5, 5.41) is 3.22. The van der Waals surface area contributed by atoms with Crippen molar-refractivity contribution in [2.45, 2.75) is 39.8 Å². The Balaban J connectivity index is 2.10. The Labute approximate surface area is 145 Å². The van der Waals surface area contributed by atoms with E-state index >= 15 is 0 Å². The molecular formula is C18H22N4O3. The second-order valence-corrected chi connectivity index (χ2v) is 6.38. The molecule has 3 rings (SSSR count). The molecular weight excluding hydrogens is 320 g/mol. The molecule has 7 nitrogen and oxygen atoms in total. The van der Waals surface area contributed by atoms with E-state index in [9.17, 15) is 14.4 Å². The van der Waals surface area contributed by atoms with Gasteiger partial charge in [-0.15, -0.1) is 0 Å². The fourth-order valence-corrected chi connectivity index (χ4v) is 3.11. The van der Waals surface area contributed by atoms with Crippen LogP contribution in [0.3, 0.4) is 0 Å². The van der Waals surface area contributed by atoms with E-state index in [4.69, 9.17) is 0 Å². The van der Waals surface area contributed by atoms with Gasteiger partial charge in [-0.3, -0.25) is 14.4 Å². The van der Waals surface area contributed by atoms with Crippen molar-refractivity contribution < 1.29 is 9.59 Å². The molecule has 25 heavy (non-hydrogen) atoms. The molecule has 2 aromatic heterocycles. The number of hydrogen-bond donors (Lipinski definition) is 1. The zero-order valence-corrected chi connectivity index (χ0v) is 14.7. The maximum atomic E-state index is 13.0. The lowest BCUT2D eigenvalue weighted by Gasteiger charge is -2.26. The molecule has 1 saturated heterocycles. The van der Waals surface area contributed by atoms with Gasteiger partial charge < -0.3 is 14.8 Å². The van der Waals surface area contributed by atoms with Gasteiger partial charge in [-0.2, -0.15) is 0 Å². The zero-order chi connectivity index (χ0) is 18.1. The van der Waals surface area contributed by atoms with Crippen LogP contribution in [0.15, 0.2) is 23.1 Å². The Kier molecular flexibility index (Phi) is 4.57. The predicted octanol–water partition coefficient (Wildman–Crippen LogP) is 1.08. The van der Waals surface area contributed by atoms with Crippen molar-refractivity contribution in [3.63, 3.8) is 0 Å². The van der Waals surface area contributed by atoms with Crippen LogP contribution in [0.2, 0.25) is 0 Å². The lowest BCUT2D eigenvalue weighted by molar-refractivity contribution is -0.120. The second kappa shape index (κ2) is 6.66. The topological polar surface area (TPSA) is 84.3 Å². The lowest BCUT2D eigenvalue weighted by Crippen LogP contribution is -2.43. The zero-order valence-electron chi connectivity index (χ0n) is 14.7. The van der Waals surface area contributed by atoms with Crippen molar-refractivity contribution in [3.05, 3.63) is 39.8 Å². The molecule has 2 amide bonds. The third kappa shape index (κ3) is 3.14. The van der Waals surface area contributed by atoms with Crippen molar-refractivity contribution >= 4 is 22.8 Å². The molecule has 0 bridgehead atoms. The number of amides is 2. The molecule has 0 aromatic carbocycles. The number of carbonyl (C=O) groups excluding carboxylic acids is 2. The van der Waals surface area contributed by atoms with Crippen LogP contribution in [-0.4, -0.2) is 45.4 Å². The van der Waals surface area contributed by atoms with Crippen LogP contribution >= 0.6 is 0 Å². The minimum Gasteiger partial charge on any atom is -0.354 e. The van der Waals surface area contributed by atoms with Crippen LogP contribution in [0.5, 0.6) is 0 Å². The number of hydrogen-bond acceptors (Lipinski definition) is 4. The molecule has 3 heterocycles. The van der Waals surface area contributed by atoms with Crippen LogP contribution in [0.1, 0.15) is 36.3 Å². The van der Waals surface area contributed by atoms with Crippen LogP contribution in [0, 0.1) is 6.92 Å². The molecule has 0 unspecified atom stereocenters. The number of carbonyl (C=O) groups is 2. The standard InChI is InChI=1S/C18H22N4O3/c1-4-21-10-14(16(24)13-6-5-11(2)20-17(13)21)18(25)22-8-7-15(23)19-9-12(22)3/h5-6,10,12H,4,7-9H2,1-3H3,(H,19,23)/t12-/m0/s1. The van der Waals surface area contributed by atoms with Crippen LogP contribution in [0.4, 0.5) is 0 Å². The van der Waals surface area contributed by atoms with Crippen molar-refractivity contribution in [1.82, 2.24) is 19.8 Å². The minimum atomic E-state index is -0.335. The molecule has 1 N–H and O–H groups in total. The normalized spacial score (nSPS) is 18.1. The molecule has 132 valence electrons. The van der Waals surface area contributed by atoms with Crippen LogP contribution in [0.25, 0.3) is 11.0 Å². The average molecular weight is 342 g/mol. The van der Waals surface area contributed by atoms with Gasteiger partial charge >= 0.3 is 0 Å². The second-order valence-electron chi connectivity index (χ2n) is 6.38. The first-order valence-corrected chi connectivity index (χ1v) is 8.50. The number of aromatic nitrogens is 2.